The third-order valence-electron chi connectivity index (χ3n) is 3.76. The van der Waals surface area contributed by atoms with Gasteiger partial charge in [0.2, 0.25) is 5.95 Å². The van der Waals surface area contributed by atoms with Crippen molar-refractivity contribution in [1.82, 2.24) is 9.97 Å². The molecule has 0 aromatic carbocycles. The van der Waals surface area contributed by atoms with Crippen molar-refractivity contribution in [2.24, 2.45) is 5.92 Å². The molecular formula is C15H22N4S. The van der Waals surface area contributed by atoms with Gasteiger partial charge in [0.1, 0.15) is 10.6 Å². The van der Waals surface area contributed by atoms with E-state index < -0.39 is 0 Å². The van der Waals surface area contributed by atoms with Gasteiger partial charge in [-0.25, -0.2) is 4.98 Å². The molecule has 2 N–H and O–H groups in total. The van der Waals surface area contributed by atoms with Crippen molar-refractivity contribution in [1.29, 1.82) is 0 Å². The Labute approximate surface area is 124 Å². The molecule has 108 valence electrons. The molecule has 2 aromatic heterocycles. The van der Waals surface area contributed by atoms with Gasteiger partial charge in [0.15, 0.2) is 0 Å². The summed E-state index contributed by atoms with van der Waals surface area (Å²) in [5, 5.41) is 8.06. The minimum Gasteiger partial charge on any atom is -0.366 e. The first kappa shape index (κ1) is 13.6. The van der Waals surface area contributed by atoms with Crippen molar-refractivity contribution in [2.45, 2.75) is 46.1 Å². The molecular weight excluding hydrogens is 268 g/mol. The number of aryl methyl sites for hydroxylation is 1. The number of anilines is 2. The van der Waals surface area contributed by atoms with Gasteiger partial charge in [-0.15, -0.1) is 11.3 Å². The van der Waals surface area contributed by atoms with Crippen LogP contribution in [0.15, 0.2) is 6.07 Å². The molecule has 1 saturated carbocycles. The van der Waals surface area contributed by atoms with Gasteiger partial charge in [-0.2, -0.15) is 4.98 Å². The minimum absolute atomic E-state index is 0.581. The van der Waals surface area contributed by atoms with Crippen LogP contribution in [0.5, 0.6) is 0 Å². The Morgan fingerprint density at radius 2 is 2.15 bits per heavy atom. The molecule has 1 fully saturated rings. The Morgan fingerprint density at radius 1 is 1.35 bits per heavy atom. The largest absolute Gasteiger partial charge is 0.366 e. The number of nitrogens with zero attached hydrogens (tertiary/aromatic N) is 2. The number of aromatic nitrogens is 2. The van der Waals surface area contributed by atoms with Gasteiger partial charge in [-0.05, 0) is 31.2 Å². The summed E-state index contributed by atoms with van der Waals surface area (Å²) in [6.45, 7) is 7.52. The number of nitrogens with one attached hydrogen (secondary N) is 2. The number of rotatable bonds is 6. The predicted octanol–water partition coefficient (Wildman–Crippen LogP) is 3.90. The first-order chi connectivity index (χ1) is 9.71. The van der Waals surface area contributed by atoms with E-state index in [0.29, 0.717) is 6.04 Å². The lowest BCUT2D eigenvalue weighted by atomic mass is 10.3. The third kappa shape index (κ3) is 2.73. The highest BCUT2D eigenvalue weighted by Crippen LogP contribution is 2.36. The van der Waals surface area contributed by atoms with Gasteiger partial charge in [0, 0.05) is 17.5 Å². The SMILES string of the molecule is CCCNc1nc(NC2CC2C)c2cc(CC)sc2n1. The Balaban J connectivity index is 1.96. The molecule has 1 aliphatic rings. The average molecular weight is 290 g/mol. The zero-order valence-corrected chi connectivity index (χ0v) is 13.2. The van der Waals surface area contributed by atoms with E-state index in [9.17, 15) is 0 Å². The summed E-state index contributed by atoms with van der Waals surface area (Å²) in [6.07, 6.45) is 3.38. The van der Waals surface area contributed by atoms with E-state index in [2.05, 4.69) is 47.4 Å². The number of hydrogen-bond acceptors (Lipinski definition) is 5. The van der Waals surface area contributed by atoms with Crippen LogP contribution in [-0.4, -0.2) is 22.6 Å². The molecule has 0 aliphatic heterocycles. The smallest absolute Gasteiger partial charge is 0.226 e. The highest BCUT2D eigenvalue weighted by atomic mass is 32.1. The van der Waals surface area contributed by atoms with Crippen molar-refractivity contribution in [3.05, 3.63) is 10.9 Å². The van der Waals surface area contributed by atoms with E-state index in [1.807, 2.05) is 0 Å². The molecule has 2 atom stereocenters. The van der Waals surface area contributed by atoms with E-state index in [1.54, 1.807) is 11.3 Å². The standard InChI is InChI=1S/C15H22N4S/c1-4-6-16-15-18-13(17-12-7-9(12)3)11-8-10(5-2)20-14(11)19-15/h8-9,12H,4-7H2,1-3H3,(H2,16,17,18,19). The average Bonchev–Trinajstić information content (AvgIpc) is 2.98. The van der Waals surface area contributed by atoms with Crippen molar-refractivity contribution in [2.75, 3.05) is 17.2 Å². The lowest BCUT2D eigenvalue weighted by Crippen LogP contribution is -2.09. The maximum Gasteiger partial charge on any atom is 0.226 e. The number of fused-ring (bicyclic) bond motifs is 1. The van der Waals surface area contributed by atoms with Crippen LogP contribution in [0.4, 0.5) is 11.8 Å². The Morgan fingerprint density at radius 3 is 2.80 bits per heavy atom. The first-order valence-electron chi connectivity index (χ1n) is 7.52. The van der Waals surface area contributed by atoms with Crippen LogP contribution in [0.25, 0.3) is 10.2 Å². The van der Waals surface area contributed by atoms with Crippen molar-refractivity contribution >= 4 is 33.3 Å². The van der Waals surface area contributed by atoms with Gasteiger partial charge >= 0.3 is 0 Å². The summed E-state index contributed by atoms with van der Waals surface area (Å²) in [6, 6.07) is 2.82. The predicted molar refractivity (Wildman–Crippen MR) is 86.8 cm³/mol. The summed E-state index contributed by atoms with van der Waals surface area (Å²) in [5.74, 6) is 2.51. The third-order valence-corrected chi connectivity index (χ3v) is 4.93. The van der Waals surface area contributed by atoms with Crippen LogP contribution in [-0.2, 0) is 6.42 Å². The van der Waals surface area contributed by atoms with E-state index in [4.69, 9.17) is 0 Å². The topological polar surface area (TPSA) is 49.8 Å². The van der Waals surface area contributed by atoms with Crippen LogP contribution in [0.1, 0.15) is 38.5 Å². The Kier molecular flexibility index (Phi) is 3.78. The summed E-state index contributed by atoms with van der Waals surface area (Å²) >= 11 is 1.78. The van der Waals surface area contributed by atoms with Crippen LogP contribution in [0, 0.1) is 5.92 Å². The second kappa shape index (κ2) is 5.56. The van der Waals surface area contributed by atoms with Gasteiger partial charge in [-0.3, -0.25) is 0 Å². The molecule has 4 nitrogen and oxygen atoms in total. The van der Waals surface area contributed by atoms with E-state index in [-0.39, 0.29) is 0 Å². The quantitative estimate of drug-likeness (QED) is 0.847. The summed E-state index contributed by atoms with van der Waals surface area (Å²) in [4.78, 5) is 11.8. The molecule has 5 heteroatoms. The van der Waals surface area contributed by atoms with Gasteiger partial charge in [-0.1, -0.05) is 20.8 Å². The lowest BCUT2D eigenvalue weighted by molar-refractivity contribution is 0.921. The van der Waals surface area contributed by atoms with Crippen LogP contribution >= 0.6 is 11.3 Å². The maximum absolute atomic E-state index is 4.67. The normalized spacial score (nSPS) is 21.1. The molecule has 0 amide bonds. The van der Waals surface area contributed by atoms with E-state index in [1.165, 1.54) is 16.7 Å². The monoisotopic (exact) mass is 290 g/mol. The molecule has 0 bridgehead atoms. The number of hydrogen-bond donors (Lipinski definition) is 2. The molecule has 1 aliphatic carbocycles. The molecule has 20 heavy (non-hydrogen) atoms. The van der Waals surface area contributed by atoms with Gasteiger partial charge < -0.3 is 10.6 Å². The van der Waals surface area contributed by atoms with Crippen LogP contribution < -0.4 is 10.6 Å². The molecule has 3 rings (SSSR count). The fourth-order valence-corrected chi connectivity index (χ4v) is 3.24. The zero-order chi connectivity index (χ0) is 14.1. The number of thiophene rings is 1. The van der Waals surface area contributed by atoms with Gasteiger partial charge in [0.25, 0.3) is 0 Å². The maximum atomic E-state index is 4.67. The highest BCUT2D eigenvalue weighted by molar-refractivity contribution is 7.18. The highest BCUT2D eigenvalue weighted by Gasteiger charge is 2.33. The zero-order valence-electron chi connectivity index (χ0n) is 12.4. The van der Waals surface area contributed by atoms with E-state index >= 15 is 0 Å². The summed E-state index contributed by atoms with van der Waals surface area (Å²) < 4.78 is 0. The minimum atomic E-state index is 0.581. The fraction of sp³-hybridized carbons (Fsp3) is 0.600. The molecule has 0 saturated heterocycles. The second-order valence-corrected chi connectivity index (χ2v) is 6.69. The Bertz CT molecular complexity index is 607. The lowest BCUT2D eigenvalue weighted by Gasteiger charge is -2.09. The summed E-state index contributed by atoms with van der Waals surface area (Å²) in [7, 11) is 0. The van der Waals surface area contributed by atoms with Crippen LogP contribution in [0.3, 0.4) is 0 Å². The van der Waals surface area contributed by atoms with E-state index in [0.717, 1.165) is 41.9 Å². The van der Waals surface area contributed by atoms with Gasteiger partial charge in [0.05, 0.1) is 5.39 Å². The molecule has 0 radical (unpaired) electrons. The Hall–Kier alpha value is -1.36. The molecule has 0 spiro atoms. The summed E-state index contributed by atoms with van der Waals surface area (Å²) in [5.41, 5.74) is 0. The fourth-order valence-electron chi connectivity index (χ4n) is 2.27. The van der Waals surface area contributed by atoms with Crippen LogP contribution in [0.2, 0.25) is 0 Å². The second-order valence-electron chi connectivity index (χ2n) is 5.57. The van der Waals surface area contributed by atoms with Crippen molar-refractivity contribution < 1.29 is 0 Å². The molecule has 2 unspecified atom stereocenters. The van der Waals surface area contributed by atoms with Crippen molar-refractivity contribution in [3.63, 3.8) is 0 Å². The molecule has 2 aromatic rings. The first-order valence-corrected chi connectivity index (χ1v) is 8.33. The van der Waals surface area contributed by atoms with Crippen molar-refractivity contribution in [3.8, 4) is 0 Å². The molecule has 2 heterocycles.